The van der Waals surface area contributed by atoms with Crippen molar-refractivity contribution in [1.29, 1.82) is 0 Å². The number of carboxylic acids is 1. The van der Waals surface area contributed by atoms with E-state index in [0.717, 1.165) is 45.4 Å². The molecule has 21 heavy (non-hydrogen) atoms. The Morgan fingerprint density at radius 3 is 2.52 bits per heavy atom. The van der Waals surface area contributed by atoms with E-state index >= 15 is 0 Å². The van der Waals surface area contributed by atoms with Gasteiger partial charge in [-0.05, 0) is 44.5 Å². The van der Waals surface area contributed by atoms with Crippen molar-refractivity contribution in [2.45, 2.75) is 38.8 Å². The molecule has 1 aromatic carbocycles. The van der Waals surface area contributed by atoms with Crippen molar-refractivity contribution in [3.05, 3.63) is 35.9 Å². The molecule has 1 heterocycles. The van der Waals surface area contributed by atoms with E-state index in [1.54, 1.807) is 0 Å². The molecule has 0 aromatic heterocycles. The van der Waals surface area contributed by atoms with E-state index < -0.39 is 5.97 Å². The summed E-state index contributed by atoms with van der Waals surface area (Å²) < 4.78 is 0. The molecule has 0 bridgehead atoms. The van der Waals surface area contributed by atoms with Crippen LogP contribution in [-0.4, -0.2) is 53.1 Å². The SMILES string of the molecule is CCCN(CC(=O)O)C1CCN(Cc2ccccc2)CC1. The standard InChI is InChI=1S/C17H26N2O2/c1-2-10-19(14-17(20)21)16-8-11-18(12-9-16)13-15-6-4-3-5-7-15/h3-7,16H,2,8-14H2,1H3,(H,20,21). The first-order chi connectivity index (χ1) is 10.2. The number of nitrogens with zero attached hydrogens (tertiary/aromatic N) is 2. The molecule has 0 saturated carbocycles. The van der Waals surface area contributed by atoms with Gasteiger partial charge in [-0.3, -0.25) is 14.6 Å². The molecule has 0 atom stereocenters. The van der Waals surface area contributed by atoms with Crippen LogP contribution in [0.5, 0.6) is 0 Å². The number of piperidine rings is 1. The third kappa shape index (κ3) is 5.14. The highest BCUT2D eigenvalue weighted by Gasteiger charge is 2.25. The summed E-state index contributed by atoms with van der Waals surface area (Å²) in [5, 5.41) is 9.04. The van der Waals surface area contributed by atoms with Crippen LogP contribution in [0.4, 0.5) is 0 Å². The van der Waals surface area contributed by atoms with E-state index in [1.807, 2.05) is 6.07 Å². The Morgan fingerprint density at radius 1 is 1.29 bits per heavy atom. The van der Waals surface area contributed by atoms with E-state index in [0.29, 0.717) is 6.04 Å². The Hall–Kier alpha value is -1.39. The van der Waals surface area contributed by atoms with Gasteiger partial charge in [0, 0.05) is 12.6 Å². The maximum Gasteiger partial charge on any atom is 0.317 e. The Bertz CT molecular complexity index is 428. The third-order valence-electron chi connectivity index (χ3n) is 4.17. The minimum Gasteiger partial charge on any atom is -0.480 e. The topological polar surface area (TPSA) is 43.8 Å². The van der Waals surface area contributed by atoms with Gasteiger partial charge in [0.25, 0.3) is 0 Å². The third-order valence-corrected chi connectivity index (χ3v) is 4.17. The number of hydrogen-bond acceptors (Lipinski definition) is 3. The van der Waals surface area contributed by atoms with Gasteiger partial charge in [-0.25, -0.2) is 0 Å². The maximum absolute atomic E-state index is 11.0. The number of likely N-dealkylation sites (tertiary alicyclic amines) is 1. The Balaban J connectivity index is 1.82. The van der Waals surface area contributed by atoms with Crippen molar-refractivity contribution >= 4 is 5.97 Å². The minimum absolute atomic E-state index is 0.178. The highest BCUT2D eigenvalue weighted by atomic mass is 16.4. The molecule has 4 nitrogen and oxygen atoms in total. The molecule has 0 spiro atoms. The lowest BCUT2D eigenvalue weighted by Gasteiger charge is -2.37. The van der Waals surface area contributed by atoms with Crippen molar-refractivity contribution in [2.24, 2.45) is 0 Å². The fourth-order valence-electron chi connectivity index (χ4n) is 3.14. The van der Waals surface area contributed by atoms with Gasteiger partial charge in [0.2, 0.25) is 0 Å². The van der Waals surface area contributed by atoms with Crippen molar-refractivity contribution in [2.75, 3.05) is 26.2 Å². The summed E-state index contributed by atoms with van der Waals surface area (Å²) in [5.74, 6) is -0.713. The summed E-state index contributed by atoms with van der Waals surface area (Å²) in [6, 6.07) is 11.0. The van der Waals surface area contributed by atoms with Gasteiger partial charge in [0.1, 0.15) is 0 Å². The molecule has 1 aliphatic rings. The van der Waals surface area contributed by atoms with Crippen molar-refractivity contribution in [3.8, 4) is 0 Å². The number of hydrogen-bond donors (Lipinski definition) is 1. The van der Waals surface area contributed by atoms with E-state index in [9.17, 15) is 4.79 Å². The van der Waals surface area contributed by atoms with Crippen LogP contribution in [0.15, 0.2) is 30.3 Å². The maximum atomic E-state index is 11.0. The fourth-order valence-corrected chi connectivity index (χ4v) is 3.14. The highest BCUT2D eigenvalue weighted by Crippen LogP contribution is 2.18. The number of carbonyl (C=O) groups is 1. The van der Waals surface area contributed by atoms with E-state index in [2.05, 4.69) is 41.0 Å². The zero-order valence-electron chi connectivity index (χ0n) is 12.9. The Kier molecular flexibility index (Phi) is 6.21. The summed E-state index contributed by atoms with van der Waals surface area (Å²) in [7, 11) is 0. The normalized spacial score (nSPS) is 17.2. The van der Waals surface area contributed by atoms with Gasteiger partial charge >= 0.3 is 5.97 Å². The van der Waals surface area contributed by atoms with Gasteiger partial charge in [-0.1, -0.05) is 37.3 Å². The van der Waals surface area contributed by atoms with Crippen LogP contribution in [0.3, 0.4) is 0 Å². The van der Waals surface area contributed by atoms with Crippen LogP contribution >= 0.6 is 0 Å². The van der Waals surface area contributed by atoms with Crippen LogP contribution in [0.2, 0.25) is 0 Å². The molecule has 0 radical (unpaired) electrons. The van der Waals surface area contributed by atoms with Crippen LogP contribution in [0, 0.1) is 0 Å². The van der Waals surface area contributed by atoms with E-state index in [4.69, 9.17) is 5.11 Å². The molecule has 2 rings (SSSR count). The molecule has 1 aromatic rings. The van der Waals surface area contributed by atoms with Crippen LogP contribution in [-0.2, 0) is 11.3 Å². The van der Waals surface area contributed by atoms with E-state index in [-0.39, 0.29) is 6.54 Å². The molecule has 1 N–H and O–H groups in total. The first-order valence-electron chi connectivity index (χ1n) is 7.91. The summed E-state index contributed by atoms with van der Waals surface area (Å²) in [4.78, 5) is 15.6. The van der Waals surface area contributed by atoms with Gasteiger partial charge in [-0.15, -0.1) is 0 Å². The van der Waals surface area contributed by atoms with Crippen LogP contribution < -0.4 is 0 Å². The molecule has 1 aliphatic heterocycles. The molecule has 4 heteroatoms. The summed E-state index contributed by atoms with van der Waals surface area (Å²) >= 11 is 0. The van der Waals surface area contributed by atoms with Gasteiger partial charge in [-0.2, -0.15) is 0 Å². The summed E-state index contributed by atoms with van der Waals surface area (Å²) in [6.45, 7) is 6.28. The predicted octanol–water partition coefficient (Wildman–Crippen LogP) is 2.45. The molecule has 0 aliphatic carbocycles. The molecule has 116 valence electrons. The first-order valence-corrected chi connectivity index (χ1v) is 7.91. The largest absolute Gasteiger partial charge is 0.480 e. The van der Waals surface area contributed by atoms with Crippen molar-refractivity contribution in [3.63, 3.8) is 0 Å². The van der Waals surface area contributed by atoms with Gasteiger partial charge in [0.05, 0.1) is 6.54 Å². The van der Waals surface area contributed by atoms with Crippen molar-refractivity contribution < 1.29 is 9.90 Å². The summed E-state index contributed by atoms with van der Waals surface area (Å²) in [5.41, 5.74) is 1.35. The lowest BCUT2D eigenvalue weighted by Crippen LogP contribution is -2.46. The average Bonchev–Trinajstić information content (AvgIpc) is 2.48. The number of rotatable bonds is 7. The zero-order valence-corrected chi connectivity index (χ0v) is 12.9. The first kappa shape index (κ1) is 16.0. The highest BCUT2D eigenvalue weighted by molar-refractivity contribution is 5.69. The predicted molar refractivity (Wildman–Crippen MR) is 84.2 cm³/mol. The molecule has 1 saturated heterocycles. The molecule has 1 fully saturated rings. The lowest BCUT2D eigenvalue weighted by molar-refractivity contribution is -0.139. The van der Waals surface area contributed by atoms with E-state index in [1.165, 1.54) is 5.56 Å². The number of carboxylic acid groups (broad SMARTS) is 1. The molecule has 0 unspecified atom stereocenters. The number of aliphatic carboxylic acids is 1. The molecular weight excluding hydrogens is 264 g/mol. The van der Waals surface area contributed by atoms with Crippen LogP contribution in [0.25, 0.3) is 0 Å². The Morgan fingerprint density at radius 2 is 1.95 bits per heavy atom. The average molecular weight is 290 g/mol. The molecular formula is C17H26N2O2. The minimum atomic E-state index is -0.713. The quantitative estimate of drug-likeness (QED) is 0.838. The zero-order chi connectivity index (χ0) is 15.1. The Labute approximate surface area is 127 Å². The smallest absolute Gasteiger partial charge is 0.317 e. The van der Waals surface area contributed by atoms with Crippen molar-refractivity contribution in [1.82, 2.24) is 9.80 Å². The second-order valence-electron chi connectivity index (χ2n) is 5.86. The van der Waals surface area contributed by atoms with Gasteiger partial charge < -0.3 is 5.11 Å². The molecule has 0 amide bonds. The summed E-state index contributed by atoms with van der Waals surface area (Å²) in [6.07, 6.45) is 3.15. The van der Waals surface area contributed by atoms with Gasteiger partial charge in [0.15, 0.2) is 0 Å². The second-order valence-corrected chi connectivity index (χ2v) is 5.86. The second kappa shape index (κ2) is 8.15. The van der Waals surface area contributed by atoms with Crippen LogP contribution in [0.1, 0.15) is 31.7 Å². The number of benzene rings is 1. The fraction of sp³-hybridized carbons (Fsp3) is 0.588. The lowest BCUT2D eigenvalue weighted by atomic mass is 10.0. The monoisotopic (exact) mass is 290 g/mol.